The molecule has 0 unspecified atom stereocenters. The predicted molar refractivity (Wildman–Crippen MR) is 88.9 cm³/mol. The maximum absolute atomic E-state index is 11.4. The molecule has 3 atom stereocenters. The number of carbonyl (C=O) groups excluding carboxylic acids is 1. The van der Waals surface area contributed by atoms with Crippen LogP contribution in [0.25, 0.3) is 0 Å². The van der Waals surface area contributed by atoms with Gasteiger partial charge in [0.25, 0.3) is 0 Å². The highest BCUT2D eigenvalue weighted by Crippen LogP contribution is 2.27. The van der Waals surface area contributed by atoms with Gasteiger partial charge in [0.1, 0.15) is 18.3 Å². The van der Waals surface area contributed by atoms with E-state index in [-0.39, 0.29) is 0 Å². The van der Waals surface area contributed by atoms with Crippen LogP contribution in [0.2, 0.25) is 0 Å². The van der Waals surface area contributed by atoms with E-state index in [1.54, 1.807) is 6.08 Å². The molecule has 0 bridgehead atoms. The van der Waals surface area contributed by atoms with Gasteiger partial charge >= 0.3 is 5.97 Å². The molecule has 0 amide bonds. The van der Waals surface area contributed by atoms with Crippen molar-refractivity contribution in [3.05, 3.63) is 48.0 Å². The van der Waals surface area contributed by atoms with E-state index in [1.165, 1.54) is 18.9 Å². The van der Waals surface area contributed by atoms with Crippen LogP contribution in [-0.4, -0.2) is 29.9 Å². The fourth-order valence-corrected chi connectivity index (χ4v) is 2.71. The van der Waals surface area contributed by atoms with Gasteiger partial charge in [-0.15, -0.1) is 0 Å². The van der Waals surface area contributed by atoms with E-state index in [2.05, 4.69) is 6.92 Å². The van der Waals surface area contributed by atoms with Crippen LogP contribution in [0, 0.1) is 0 Å². The molecule has 1 N–H and O–H groups in total. The molecular weight excluding hydrogens is 292 g/mol. The van der Waals surface area contributed by atoms with Crippen molar-refractivity contribution in [1.82, 2.24) is 0 Å². The number of ether oxygens (including phenoxy) is 2. The largest absolute Gasteiger partial charge is 0.456 e. The Kier molecular flexibility index (Phi) is 7.30. The summed E-state index contributed by atoms with van der Waals surface area (Å²) in [4.78, 5) is 11.4. The van der Waals surface area contributed by atoms with Crippen LogP contribution in [0.15, 0.2) is 42.5 Å². The molecule has 1 aliphatic rings. The van der Waals surface area contributed by atoms with Crippen LogP contribution in [0.4, 0.5) is 0 Å². The number of esters is 1. The van der Waals surface area contributed by atoms with Crippen molar-refractivity contribution in [3.8, 4) is 0 Å². The smallest absolute Gasteiger partial charge is 0.330 e. The summed E-state index contributed by atoms with van der Waals surface area (Å²) in [6.45, 7) is 2.76. The first-order valence-electron chi connectivity index (χ1n) is 8.44. The Morgan fingerprint density at radius 1 is 1.26 bits per heavy atom. The second-order valence-electron chi connectivity index (χ2n) is 5.87. The molecule has 23 heavy (non-hydrogen) atoms. The van der Waals surface area contributed by atoms with E-state index in [0.29, 0.717) is 13.0 Å². The van der Waals surface area contributed by atoms with Crippen LogP contribution < -0.4 is 0 Å². The first kappa shape index (κ1) is 17.7. The Morgan fingerprint density at radius 3 is 2.74 bits per heavy atom. The monoisotopic (exact) mass is 318 g/mol. The van der Waals surface area contributed by atoms with E-state index in [1.807, 2.05) is 30.3 Å². The quantitative estimate of drug-likeness (QED) is 0.559. The van der Waals surface area contributed by atoms with Crippen molar-refractivity contribution in [2.45, 2.75) is 57.3 Å². The average molecular weight is 318 g/mol. The SMILES string of the molecule is CCCCCCO[C@H](c1ccccc1)[C@@H](O)[C@H]1CC=CC(=O)O1. The zero-order valence-corrected chi connectivity index (χ0v) is 13.7. The Morgan fingerprint density at radius 2 is 2.04 bits per heavy atom. The molecule has 0 spiro atoms. The number of hydrogen-bond acceptors (Lipinski definition) is 4. The van der Waals surface area contributed by atoms with Gasteiger partial charge < -0.3 is 14.6 Å². The van der Waals surface area contributed by atoms with Gasteiger partial charge in [-0.2, -0.15) is 0 Å². The van der Waals surface area contributed by atoms with Crippen molar-refractivity contribution in [2.75, 3.05) is 6.61 Å². The van der Waals surface area contributed by atoms with Gasteiger partial charge in [0, 0.05) is 19.1 Å². The summed E-state index contributed by atoms with van der Waals surface area (Å²) in [6, 6.07) is 9.63. The molecule has 4 nitrogen and oxygen atoms in total. The minimum absolute atomic E-state index is 0.407. The lowest BCUT2D eigenvalue weighted by Gasteiger charge is -2.30. The maximum atomic E-state index is 11.4. The van der Waals surface area contributed by atoms with Gasteiger partial charge in [-0.1, -0.05) is 62.6 Å². The molecule has 1 heterocycles. The third kappa shape index (κ3) is 5.48. The lowest BCUT2D eigenvalue weighted by molar-refractivity contribution is -0.159. The number of rotatable bonds is 9. The molecule has 0 saturated heterocycles. The van der Waals surface area contributed by atoms with Crippen LogP contribution in [-0.2, 0) is 14.3 Å². The predicted octanol–water partition coefficient (Wildman–Crippen LogP) is 3.56. The number of hydrogen-bond donors (Lipinski definition) is 1. The summed E-state index contributed by atoms with van der Waals surface area (Å²) < 4.78 is 11.2. The highest BCUT2D eigenvalue weighted by atomic mass is 16.6. The summed E-state index contributed by atoms with van der Waals surface area (Å²) in [5.74, 6) is -0.407. The number of benzene rings is 1. The summed E-state index contributed by atoms with van der Waals surface area (Å²) in [6.07, 6.45) is 6.17. The van der Waals surface area contributed by atoms with Gasteiger partial charge in [-0.05, 0) is 12.0 Å². The summed E-state index contributed by atoms with van der Waals surface area (Å²) in [7, 11) is 0. The van der Waals surface area contributed by atoms with Gasteiger partial charge in [-0.3, -0.25) is 0 Å². The standard InChI is InChI=1S/C19H26O4/c1-2-3-4-8-14-22-19(15-10-6-5-7-11-15)18(21)16-12-9-13-17(20)23-16/h5-7,9-11,13,16,18-19,21H,2-4,8,12,14H2,1H3/t16-,18+,19-/m1/s1. The first-order valence-corrected chi connectivity index (χ1v) is 8.44. The molecule has 0 aliphatic carbocycles. The molecule has 0 radical (unpaired) electrons. The van der Waals surface area contributed by atoms with Crippen molar-refractivity contribution >= 4 is 5.97 Å². The summed E-state index contributed by atoms with van der Waals surface area (Å²) in [5, 5.41) is 10.7. The van der Waals surface area contributed by atoms with Gasteiger partial charge in [0.05, 0.1) is 0 Å². The molecule has 1 aliphatic heterocycles. The minimum Gasteiger partial charge on any atom is -0.456 e. The van der Waals surface area contributed by atoms with Crippen LogP contribution in [0.1, 0.15) is 50.7 Å². The normalized spacial score (nSPS) is 20.1. The fraction of sp³-hybridized carbons (Fsp3) is 0.526. The van der Waals surface area contributed by atoms with E-state index < -0.39 is 24.3 Å². The Balaban J connectivity index is 2.00. The fourth-order valence-electron chi connectivity index (χ4n) is 2.71. The van der Waals surface area contributed by atoms with Gasteiger partial charge in [0.15, 0.2) is 0 Å². The van der Waals surface area contributed by atoms with Crippen LogP contribution in [0.3, 0.4) is 0 Å². The van der Waals surface area contributed by atoms with Crippen molar-refractivity contribution in [2.24, 2.45) is 0 Å². The zero-order valence-electron chi connectivity index (χ0n) is 13.7. The first-order chi connectivity index (χ1) is 11.2. The lowest BCUT2D eigenvalue weighted by Crippen LogP contribution is -2.38. The molecule has 0 fully saturated rings. The number of aliphatic hydroxyl groups is 1. The van der Waals surface area contributed by atoms with E-state index in [9.17, 15) is 9.90 Å². The van der Waals surface area contributed by atoms with Gasteiger partial charge in [0.2, 0.25) is 0 Å². The Hall–Kier alpha value is -1.65. The van der Waals surface area contributed by atoms with Crippen molar-refractivity contribution in [3.63, 3.8) is 0 Å². The highest BCUT2D eigenvalue weighted by molar-refractivity contribution is 5.82. The Bertz CT molecular complexity index is 497. The third-order valence-electron chi connectivity index (χ3n) is 4.00. The zero-order chi connectivity index (χ0) is 16.5. The topological polar surface area (TPSA) is 55.8 Å². The second-order valence-corrected chi connectivity index (χ2v) is 5.87. The van der Waals surface area contributed by atoms with Crippen molar-refractivity contribution < 1.29 is 19.4 Å². The summed E-state index contributed by atoms with van der Waals surface area (Å²) in [5.41, 5.74) is 0.904. The second kappa shape index (κ2) is 9.48. The van der Waals surface area contributed by atoms with Crippen molar-refractivity contribution in [1.29, 1.82) is 0 Å². The maximum Gasteiger partial charge on any atom is 0.330 e. The van der Waals surface area contributed by atoms with Gasteiger partial charge in [-0.25, -0.2) is 4.79 Å². The molecule has 4 heteroatoms. The molecule has 2 rings (SSSR count). The Labute approximate surface area is 138 Å². The third-order valence-corrected chi connectivity index (χ3v) is 4.00. The average Bonchev–Trinajstić information content (AvgIpc) is 2.58. The lowest BCUT2D eigenvalue weighted by atomic mass is 9.97. The van der Waals surface area contributed by atoms with E-state index >= 15 is 0 Å². The molecule has 0 aromatic heterocycles. The molecule has 0 saturated carbocycles. The highest BCUT2D eigenvalue weighted by Gasteiger charge is 2.32. The number of unbranched alkanes of at least 4 members (excludes halogenated alkanes) is 3. The molecule has 1 aromatic rings. The molecule has 126 valence electrons. The van der Waals surface area contributed by atoms with Crippen LogP contribution >= 0.6 is 0 Å². The summed E-state index contributed by atoms with van der Waals surface area (Å²) >= 11 is 0. The minimum atomic E-state index is -0.877. The molecule has 1 aromatic carbocycles. The number of carbonyl (C=O) groups is 1. The van der Waals surface area contributed by atoms with Crippen LogP contribution in [0.5, 0.6) is 0 Å². The van der Waals surface area contributed by atoms with E-state index in [4.69, 9.17) is 9.47 Å². The van der Waals surface area contributed by atoms with E-state index in [0.717, 1.165) is 18.4 Å². The molecular formula is C19H26O4. The number of cyclic esters (lactones) is 1. The number of aliphatic hydroxyl groups excluding tert-OH is 1.